The molecule has 1 aromatic rings. The third-order valence-electron chi connectivity index (χ3n) is 1.54. The van der Waals surface area contributed by atoms with E-state index in [0.29, 0.717) is 0 Å². The van der Waals surface area contributed by atoms with E-state index in [-0.39, 0.29) is 10.9 Å². The average molecular weight is 260 g/mol. The number of amides is 3. The maximum Gasteiger partial charge on any atom is 0.371 e. The van der Waals surface area contributed by atoms with Crippen molar-refractivity contribution in [2.45, 2.75) is 5.09 Å². The highest BCUT2D eigenvalue weighted by molar-refractivity contribution is 7.85. The first-order valence-electron chi connectivity index (χ1n) is 4.21. The molecule has 0 spiro atoms. The molecule has 8 nitrogen and oxygen atoms in total. The second-order valence-electron chi connectivity index (χ2n) is 2.83. The molecule has 0 aromatic carbocycles. The molecule has 4 N–H and O–H groups in total. The van der Waals surface area contributed by atoms with Crippen molar-refractivity contribution in [3.8, 4) is 0 Å². The van der Waals surface area contributed by atoms with E-state index >= 15 is 0 Å². The van der Waals surface area contributed by atoms with E-state index in [0.717, 1.165) is 6.07 Å². The zero-order chi connectivity index (χ0) is 13.0. The third-order valence-corrected chi connectivity index (χ3v) is 2.73. The summed E-state index contributed by atoms with van der Waals surface area (Å²) < 4.78 is 16.2. The lowest BCUT2D eigenvalue weighted by molar-refractivity contribution is -0.117. The smallest absolute Gasteiger partial charge is 0.371 e. The predicted molar refractivity (Wildman–Crippen MR) is 54.7 cm³/mol. The number of furan rings is 1. The Kier molecular flexibility index (Phi) is 3.99. The molecule has 0 saturated heterocycles. The number of aromatic carboxylic acids is 1. The summed E-state index contributed by atoms with van der Waals surface area (Å²) in [4.78, 5) is 31.8. The summed E-state index contributed by atoms with van der Waals surface area (Å²) in [6.45, 7) is 0. The minimum Gasteiger partial charge on any atom is -0.475 e. The van der Waals surface area contributed by atoms with Crippen LogP contribution in [-0.4, -0.2) is 33.0 Å². The molecule has 0 aliphatic carbocycles. The van der Waals surface area contributed by atoms with Gasteiger partial charge in [-0.3, -0.25) is 14.3 Å². The van der Waals surface area contributed by atoms with E-state index < -0.39 is 34.5 Å². The Bertz CT molecular complexity index is 494. The van der Waals surface area contributed by atoms with Gasteiger partial charge in [0.2, 0.25) is 11.7 Å². The number of rotatable bonds is 4. The molecule has 1 atom stereocenters. The highest BCUT2D eigenvalue weighted by Gasteiger charge is 2.17. The fourth-order valence-electron chi connectivity index (χ4n) is 0.921. The van der Waals surface area contributed by atoms with Gasteiger partial charge >= 0.3 is 12.0 Å². The number of carbonyl (C=O) groups is 3. The van der Waals surface area contributed by atoms with Crippen molar-refractivity contribution >= 4 is 28.7 Å². The summed E-state index contributed by atoms with van der Waals surface area (Å²) in [5, 5.41) is 10.1. The number of nitrogens with two attached hydrogens (primary N) is 1. The Morgan fingerprint density at radius 3 is 2.53 bits per heavy atom. The molecule has 0 bridgehead atoms. The monoisotopic (exact) mass is 260 g/mol. The van der Waals surface area contributed by atoms with E-state index in [9.17, 15) is 18.6 Å². The van der Waals surface area contributed by atoms with Crippen molar-refractivity contribution in [3.05, 3.63) is 17.9 Å². The molecule has 0 aliphatic rings. The van der Waals surface area contributed by atoms with Gasteiger partial charge < -0.3 is 15.3 Å². The summed E-state index contributed by atoms with van der Waals surface area (Å²) >= 11 is 0. The predicted octanol–water partition coefficient (Wildman–Crippen LogP) is -0.720. The molecule has 0 saturated carbocycles. The fourth-order valence-corrected chi connectivity index (χ4v) is 1.78. The topological polar surface area (TPSA) is 140 Å². The lowest BCUT2D eigenvalue weighted by atomic mass is 10.5. The van der Waals surface area contributed by atoms with Crippen molar-refractivity contribution < 1.29 is 28.1 Å². The van der Waals surface area contributed by atoms with Crippen LogP contribution in [0.15, 0.2) is 21.6 Å². The summed E-state index contributed by atoms with van der Waals surface area (Å²) in [6, 6.07) is 1.23. The Morgan fingerprint density at radius 1 is 1.41 bits per heavy atom. The lowest BCUT2D eigenvalue weighted by Gasteiger charge is -1.98. The highest BCUT2D eigenvalue weighted by Crippen LogP contribution is 2.12. The van der Waals surface area contributed by atoms with E-state index in [1.54, 1.807) is 5.32 Å². The zero-order valence-corrected chi connectivity index (χ0v) is 9.15. The van der Waals surface area contributed by atoms with Crippen LogP contribution in [0.3, 0.4) is 0 Å². The van der Waals surface area contributed by atoms with Crippen LogP contribution in [-0.2, 0) is 15.6 Å². The quantitative estimate of drug-likeness (QED) is 0.652. The molecule has 92 valence electrons. The number of carboxylic acids is 1. The van der Waals surface area contributed by atoms with Gasteiger partial charge in [0.15, 0.2) is 5.09 Å². The van der Waals surface area contributed by atoms with Gasteiger partial charge in [-0.25, -0.2) is 9.59 Å². The Labute approximate surface area is 97.2 Å². The Hall–Kier alpha value is -2.16. The molecule has 3 amide bonds. The minimum absolute atomic E-state index is 0.165. The van der Waals surface area contributed by atoms with E-state index in [1.165, 1.54) is 6.07 Å². The van der Waals surface area contributed by atoms with Crippen LogP contribution in [0.25, 0.3) is 0 Å². The molecule has 1 heterocycles. The second-order valence-corrected chi connectivity index (χ2v) is 4.21. The summed E-state index contributed by atoms with van der Waals surface area (Å²) in [5.74, 6) is -3.09. The van der Waals surface area contributed by atoms with Gasteiger partial charge in [0, 0.05) is 0 Å². The van der Waals surface area contributed by atoms with Crippen LogP contribution in [0.4, 0.5) is 4.79 Å². The van der Waals surface area contributed by atoms with E-state index in [2.05, 4.69) is 5.73 Å². The highest BCUT2D eigenvalue weighted by atomic mass is 32.2. The maximum atomic E-state index is 11.5. The van der Waals surface area contributed by atoms with Gasteiger partial charge in [0.25, 0.3) is 0 Å². The van der Waals surface area contributed by atoms with E-state index in [1.807, 2.05) is 0 Å². The lowest BCUT2D eigenvalue weighted by Crippen LogP contribution is -2.37. The van der Waals surface area contributed by atoms with Gasteiger partial charge in [-0.2, -0.15) is 0 Å². The fraction of sp³-hybridized carbons (Fsp3) is 0.125. The van der Waals surface area contributed by atoms with Crippen LogP contribution in [0.2, 0.25) is 0 Å². The van der Waals surface area contributed by atoms with Crippen LogP contribution in [0.1, 0.15) is 10.6 Å². The molecular weight excluding hydrogens is 252 g/mol. The second kappa shape index (κ2) is 5.25. The molecule has 0 fully saturated rings. The standard InChI is InChI=1S/C8H8N2O6S/c9-8(14)10-5(11)3-17(15)6-2-1-4(16-6)7(12)13/h1-2H,3H2,(H,12,13)(H3,9,10,11,14). The number of hydrogen-bond acceptors (Lipinski definition) is 5. The third kappa shape index (κ3) is 3.72. The molecule has 17 heavy (non-hydrogen) atoms. The molecule has 1 aromatic heterocycles. The van der Waals surface area contributed by atoms with Gasteiger partial charge in [-0.1, -0.05) is 0 Å². The number of carboxylic acid groups (broad SMARTS) is 1. The molecule has 1 rings (SSSR count). The van der Waals surface area contributed by atoms with Gasteiger partial charge in [-0.05, 0) is 12.1 Å². The van der Waals surface area contributed by atoms with Crippen LogP contribution in [0, 0.1) is 0 Å². The van der Waals surface area contributed by atoms with Crippen molar-refractivity contribution in [3.63, 3.8) is 0 Å². The first-order valence-corrected chi connectivity index (χ1v) is 5.53. The summed E-state index contributed by atoms with van der Waals surface area (Å²) in [6.07, 6.45) is 0. The summed E-state index contributed by atoms with van der Waals surface area (Å²) in [5.41, 5.74) is 4.68. The molecule has 0 radical (unpaired) electrons. The van der Waals surface area contributed by atoms with Crippen molar-refractivity contribution in [2.75, 3.05) is 5.75 Å². The molecule has 9 heteroatoms. The first kappa shape index (κ1) is 12.9. The normalized spacial score (nSPS) is 11.8. The largest absolute Gasteiger partial charge is 0.475 e. The van der Waals surface area contributed by atoms with Gasteiger partial charge in [0.1, 0.15) is 5.75 Å². The van der Waals surface area contributed by atoms with Crippen molar-refractivity contribution in [2.24, 2.45) is 5.73 Å². The number of imide groups is 1. The van der Waals surface area contributed by atoms with Gasteiger partial charge in [0.05, 0.1) is 10.8 Å². The number of hydrogen-bond donors (Lipinski definition) is 3. The molecule has 1 unspecified atom stereocenters. The number of urea groups is 1. The Balaban J connectivity index is 2.66. The molecule has 0 aliphatic heterocycles. The van der Waals surface area contributed by atoms with E-state index in [4.69, 9.17) is 9.52 Å². The number of primary amides is 1. The van der Waals surface area contributed by atoms with Crippen LogP contribution < -0.4 is 11.1 Å². The summed E-state index contributed by atoms with van der Waals surface area (Å²) in [7, 11) is -1.88. The number of carbonyl (C=O) groups excluding carboxylic acids is 2. The first-order chi connectivity index (χ1) is 7.90. The maximum absolute atomic E-state index is 11.5. The average Bonchev–Trinajstić information content (AvgIpc) is 2.64. The molecular formula is C8H8N2O6S. The van der Waals surface area contributed by atoms with Crippen molar-refractivity contribution in [1.29, 1.82) is 0 Å². The SMILES string of the molecule is NC(=O)NC(=O)CS(=O)c1ccc(C(=O)O)o1. The van der Waals surface area contributed by atoms with Crippen LogP contribution >= 0.6 is 0 Å². The Morgan fingerprint density at radius 2 is 2.06 bits per heavy atom. The zero-order valence-electron chi connectivity index (χ0n) is 8.34. The number of nitrogens with one attached hydrogen (secondary N) is 1. The van der Waals surface area contributed by atoms with Gasteiger partial charge in [-0.15, -0.1) is 0 Å². The van der Waals surface area contributed by atoms with Crippen LogP contribution in [0.5, 0.6) is 0 Å². The van der Waals surface area contributed by atoms with Crippen molar-refractivity contribution in [1.82, 2.24) is 5.32 Å². The minimum atomic E-state index is -1.88.